The number of nitrogens with zero attached hydrogens (tertiary/aromatic N) is 1. The maximum Gasteiger partial charge on any atom is 0.253 e. The molecule has 0 aliphatic heterocycles. The Hall–Kier alpha value is -2.67. The second kappa shape index (κ2) is 7.94. The minimum atomic E-state index is -1.10. The molecule has 0 saturated heterocycles. The van der Waals surface area contributed by atoms with Crippen LogP contribution in [0.4, 0.5) is 8.78 Å². The Labute approximate surface area is 144 Å². The summed E-state index contributed by atoms with van der Waals surface area (Å²) in [5.41, 5.74) is 0.531. The Morgan fingerprint density at radius 1 is 1.08 bits per heavy atom. The van der Waals surface area contributed by atoms with Gasteiger partial charge in [0.1, 0.15) is 0 Å². The maximum atomic E-state index is 13.3. The number of carbonyl (C=O) groups excluding carboxylic acids is 1. The van der Waals surface area contributed by atoms with Crippen molar-refractivity contribution in [1.29, 1.82) is 0 Å². The van der Waals surface area contributed by atoms with Crippen molar-refractivity contribution in [2.24, 2.45) is 0 Å². The predicted molar refractivity (Wildman–Crippen MR) is 87.8 cm³/mol. The third-order valence-corrected chi connectivity index (χ3v) is 3.75. The minimum absolute atomic E-state index is 0.000844. The average Bonchev–Trinajstić information content (AvgIpc) is 2.62. The van der Waals surface area contributed by atoms with E-state index in [0.29, 0.717) is 17.1 Å². The molecule has 0 aromatic heterocycles. The van der Waals surface area contributed by atoms with E-state index < -0.39 is 23.6 Å². The molecule has 2 aromatic rings. The molecule has 5 nitrogen and oxygen atoms in total. The van der Waals surface area contributed by atoms with E-state index >= 15 is 0 Å². The highest BCUT2D eigenvalue weighted by Gasteiger charge is 2.19. The minimum Gasteiger partial charge on any atom is -0.493 e. The van der Waals surface area contributed by atoms with E-state index in [-0.39, 0.29) is 12.1 Å². The molecule has 0 spiro atoms. The molecule has 0 aliphatic rings. The first-order valence-electron chi connectivity index (χ1n) is 7.48. The van der Waals surface area contributed by atoms with Gasteiger partial charge in [-0.2, -0.15) is 0 Å². The van der Waals surface area contributed by atoms with Gasteiger partial charge in [0.05, 0.1) is 26.9 Å². The van der Waals surface area contributed by atoms with Gasteiger partial charge >= 0.3 is 0 Å². The van der Waals surface area contributed by atoms with E-state index in [1.54, 1.807) is 18.2 Å². The van der Waals surface area contributed by atoms with Crippen LogP contribution in [0.25, 0.3) is 0 Å². The Bertz CT molecular complexity index is 767. The molecule has 0 bridgehead atoms. The van der Waals surface area contributed by atoms with Crippen LogP contribution in [0.1, 0.15) is 22.0 Å². The van der Waals surface area contributed by atoms with Crippen molar-refractivity contribution in [2.75, 3.05) is 27.8 Å². The van der Waals surface area contributed by atoms with Crippen LogP contribution >= 0.6 is 0 Å². The molecule has 7 heteroatoms. The normalized spacial score (nSPS) is 11.8. The van der Waals surface area contributed by atoms with Crippen molar-refractivity contribution in [3.05, 3.63) is 59.2 Å². The fourth-order valence-corrected chi connectivity index (χ4v) is 2.36. The molecule has 0 radical (unpaired) electrons. The molecule has 0 aliphatic carbocycles. The number of aliphatic hydroxyl groups is 1. The molecule has 0 heterocycles. The topological polar surface area (TPSA) is 59.0 Å². The second-order valence-corrected chi connectivity index (χ2v) is 5.44. The predicted octanol–water partition coefficient (Wildman–Crippen LogP) is 2.79. The monoisotopic (exact) mass is 351 g/mol. The number of rotatable bonds is 6. The Morgan fingerprint density at radius 3 is 2.36 bits per heavy atom. The van der Waals surface area contributed by atoms with Crippen molar-refractivity contribution >= 4 is 5.91 Å². The number of likely N-dealkylation sites (N-methyl/N-ethyl adjacent to an activating group) is 1. The van der Waals surface area contributed by atoms with Crippen LogP contribution in [0.3, 0.4) is 0 Å². The number of ether oxygens (including phenoxy) is 2. The highest BCUT2D eigenvalue weighted by atomic mass is 19.2. The molecule has 2 rings (SSSR count). The molecule has 1 atom stereocenters. The van der Waals surface area contributed by atoms with E-state index in [2.05, 4.69) is 0 Å². The Balaban J connectivity index is 2.12. The molecular formula is C18H19F2NO4. The average molecular weight is 351 g/mol. The first kappa shape index (κ1) is 18.7. The summed E-state index contributed by atoms with van der Waals surface area (Å²) in [4.78, 5) is 13.5. The summed E-state index contributed by atoms with van der Waals surface area (Å²) in [5.74, 6) is -1.68. The highest BCUT2D eigenvalue weighted by Crippen LogP contribution is 2.30. The molecule has 0 saturated carbocycles. The van der Waals surface area contributed by atoms with Crippen molar-refractivity contribution < 1.29 is 28.2 Å². The summed E-state index contributed by atoms with van der Waals surface area (Å²) >= 11 is 0. The van der Waals surface area contributed by atoms with Crippen LogP contribution in [0, 0.1) is 11.6 Å². The standard InChI is InChI=1S/C18H19F2NO4/c1-21(18(23)12-4-6-13(19)14(20)8-12)10-15(22)11-5-7-16(24-2)17(9-11)25-3/h4-9,15,22H,10H2,1-3H3. The lowest BCUT2D eigenvalue weighted by molar-refractivity contribution is 0.0680. The Morgan fingerprint density at radius 2 is 1.76 bits per heavy atom. The highest BCUT2D eigenvalue weighted by molar-refractivity contribution is 5.94. The van der Waals surface area contributed by atoms with Crippen molar-refractivity contribution in [3.8, 4) is 11.5 Å². The fourth-order valence-electron chi connectivity index (χ4n) is 2.36. The molecular weight excluding hydrogens is 332 g/mol. The van der Waals surface area contributed by atoms with Gasteiger partial charge in [-0.1, -0.05) is 6.07 Å². The van der Waals surface area contributed by atoms with Gasteiger partial charge in [0.2, 0.25) is 0 Å². The van der Waals surface area contributed by atoms with Gasteiger partial charge in [0.25, 0.3) is 5.91 Å². The quantitative estimate of drug-likeness (QED) is 0.869. The second-order valence-electron chi connectivity index (χ2n) is 5.44. The largest absolute Gasteiger partial charge is 0.493 e. The lowest BCUT2D eigenvalue weighted by atomic mass is 10.1. The number of aliphatic hydroxyl groups excluding tert-OH is 1. The number of halogens is 2. The van der Waals surface area contributed by atoms with Gasteiger partial charge in [0.15, 0.2) is 23.1 Å². The summed E-state index contributed by atoms with van der Waals surface area (Å²) < 4.78 is 36.5. The number of amides is 1. The van der Waals surface area contributed by atoms with Crippen molar-refractivity contribution in [2.45, 2.75) is 6.10 Å². The summed E-state index contributed by atoms with van der Waals surface area (Å²) in [7, 11) is 4.45. The third-order valence-electron chi connectivity index (χ3n) is 3.75. The molecule has 134 valence electrons. The summed E-state index contributed by atoms with van der Waals surface area (Å²) in [6.45, 7) is -0.0344. The summed E-state index contributed by atoms with van der Waals surface area (Å²) in [6, 6.07) is 7.83. The molecule has 25 heavy (non-hydrogen) atoms. The zero-order valence-electron chi connectivity index (χ0n) is 14.1. The van der Waals surface area contributed by atoms with Crippen LogP contribution in [-0.2, 0) is 0 Å². The first-order valence-corrected chi connectivity index (χ1v) is 7.48. The van der Waals surface area contributed by atoms with Crippen LogP contribution in [-0.4, -0.2) is 43.7 Å². The van der Waals surface area contributed by atoms with Crippen LogP contribution in [0.2, 0.25) is 0 Å². The fraction of sp³-hybridized carbons (Fsp3) is 0.278. The molecule has 2 aromatic carbocycles. The number of hydrogen-bond donors (Lipinski definition) is 1. The molecule has 0 fully saturated rings. The molecule has 1 N–H and O–H groups in total. The van der Waals surface area contributed by atoms with Crippen LogP contribution < -0.4 is 9.47 Å². The zero-order chi connectivity index (χ0) is 18.6. The van der Waals surface area contributed by atoms with E-state index in [1.807, 2.05) is 0 Å². The first-order chi connectivity index (χ1) is 11.9. The van der Waals surface area contributed by atoms with Crippen molar-refractivity contribution in [3.63, 3.8) is 0 Å². The van der Waals surface area contributed by atoms with Crippen LogP contribution in [0.15, 0.2) is 36.4 Å². The lowest BCUT2D eigenvalue weighted by Crippen LogP contribution is -2.31. The maximum absolute atomic E-state index is 13.3. The van der Waals surface area contributed by atoms with E-state index in [1.165, 1.54) is 32.2 Å². The number of hydrogen-bond acceptors (Lipinski definition) is 4. The van der Waals surface area contributed by atoms with E-state index in [4.69, 9.17) is 9.47 Å². The van der Waals surface area contributed by atoms with Gasteiger partial charge in [-0.3, -0.25) is 4.79 Å². The Kier molecular flexibility index (Phi) is 5.93. The summed E-state index contributed by atoms with van der Waals surface area (Å²) in [6.07, 6.45) is -0.987. The van der Waals surface area contributed by atoms with E-state index in [9.17, 15) is 18.7 Å². The molecule has 1 unspecified atom stereocenters. The van der Waals surface area contributed by atoms with E-state index in [0.717, 1.165) is 12.1 Å². The van der Waals surface area contributed by atoms with Gasteiger partial charge < -0.3 is 19.5 Å². The zero-order valence-corrected chi connectivity index (χ0v) is 14.1. The van der Waals surface area contributed by atoms with Crippen molar-refractivity contribution in [1.82, 2.24) is 4.90 Å². The smallest absolute Gasteiger partial charge is 0.253 e. The number of benzene rings is 2. The van der Waals surface area contributed by atoms with Gasteiger partial charge in [-0.05, 0) is 35.9 Å². The summed E-state index contributed by atoms with van der Waals surface area (Å²) in [5, 5.41) is 10.3. The number of carbonyl (C=O) groups is 1. The van der Waals surface area contributed by atoms with Gasteiger partial charge in [0, 0.05) is 12.6 Å². The van der Waals surface area contributed by atoms with Gasteiger partial charge in [-0.15, -0.1) is 0 Å². The lowest BCUT2D eigenvalue weighted by Gasteiger charge is -2.22. The SMILES string of the molecule is COc1ccc(C(O)CN(C)C(=O)c2ccc(F)c(F)c2)cc1OC. The van der Waals surface area contributed by atoms with Crippen LogP contribution in [0.5, 0.6) is 11.5 Å². The third kappa shape index (κ3) is 4.24. The molecule has 1 amide bonds. The number of methoxy groups -OCH3 is 2. The van der Waals surface area contributed by atoms with Gasteiger partial charge in [-0.25, -0.2) is 8.78 Å².